The van der Waals surface area contributed by atoms with Crippen LogP contribution in [0.5, 0.6) is 0 Å². The maximum absolute atomic E-state index is 11.5. The molecular weight excluding hydrogens is 208 g/mol. The lowest BCUT2D eigenvalue weighted by molar-refractivity contribution is -0.143. The van der Waals surface area contributed by atoms with Crippen LogP contribution in [0, 0.1) is 5.92 Å². The summed E-state index contributed by atoms with van der Waals surface area (Å²) in [7, 11) is 0. The second-order valence-electron chi connectivity index (χ2n) is 4.68. The van der Waals surface area contributed by atoms with Gasteiger partial charge in [-0.25, -0.2) is 5.90 Å². The number of ether oxygens (including phenoxy) is 1. The summed E-state index contributed by atoms with van der Waals surface area (Å²) in [5.74, 6) is 5.40. The molecule has 0 saturated heterocycles. The van der Waals surface area contributed by atoms with Crippen molar-refractivity contribution in [2.75, 3.05) is 19.8 Å². The van der Waals surface area contributed by atoms with Gasteiger partial charge >= 0.3 is 0 Å². The van der Waals surface area contributed by atoms with E-state index in [4.69, 9.17) is 10.6 Å². The Kier molecular flexibility index (Phi) is 7.29. The topological polar surface area (TPSA) is 73.6 Å². The molecule has 0 fully saturated rings. The predicted octanol–water partition coefficient (Wildman–Crippen LogP) is 0.834. The summed E-state index contributed by atoms with van der Waals surface area (Å²) in [6, 6.07) is 0. The van der Waals surface area contributed by atoms with Gasteiger partial charge in [0.05, 0.1) is 6.61 Å². The van der Waals surface area contributed by atoms with Crippen molar-refractivity contribution in [3.05, 3.63) is 0 Å². The number of hydrogen-bond donors (Lipinski definition) is 2. The van der Waals surface area contributed by atoms with Crippen molar-refractivity contribution in [3.63, 3.8) is 0 Å². The lowest BCUT2D eigenvalue weighted by Crippen LogP contribution is -2.46. The fourth-order valence-corrected chi connectivity index (χ4v) is 0.924. The third-order valence-corrected chi connectivity index (χ3v) is 2.21. The molecule has 0 aliphatic rings. The van der Waals surface area contributed by atoms with Crippen LogP contribution in [-0.2, 0) is 14.4 Å². The van der Waals surface area contributed by atoms with Gasteiger partial charge < -0.3 is 10.1 Å². The Bertz CT molecular complexity index is 205. The molecule has 0 spiro atoms. The average Bonchev–Trinajstić information content (AvgIpc) is 2.22. The van der Waals surface area contributed by atoms with Crippen LogP contribution in [0.25, 0.3) is 0 Å². The van der Waals surface area contributed by atoms with Gasteiger partial charge in [-0.15, -0.1) is 0 Å². The van der Waals surface area contributed by atoms with Crippen molar-refractivity contribution in [2.24, 2.45) is 11.8 Å². The Morgan fingerprint density at radius 1 is 1.38 bits per heavy atom. The molecule has 0 heterocycles. The smallest absolute Gasteiger partial charge is 0.253 e. The molecule has 5 heteroatoms. The summed E-state index contributed by atoms with van der Waals surface area (Å²) in [5, 5.41) is 2.69. The minimum atomic E-state index is -0.988. The number of carbonyl (C=O) groups excluding carboxylic acids is 1. The molecular formula is C11H24N2O3. The summed E-state index contributed by atoms with van der Waals surface area (Å²) in [6.07, 6.45) is 1.03. The lowest BCUT2D eigenvalue weighted by atomic mass is 10.1. The zero-order chi connectivity index (χ0) is 12.6. The van der Waals surface area contributed by atoms with Crippen molar-refractivity contribution in [1.82, 2.24) is 5.32 Å². The van der Waals surface area contributed by atoms with E-state index in [1.54, 1.807) is 13.8 Å². The number of hydrogen-bond acceptors (Lipinski definition) is 4. The fourth-order valence-electron chi connectivity index (χ4n) is 0.924. The molecule has 5 nitrogen and oxygen atoms in total. The molecule has 0 saturated carbocycles. The number of amides is 1. The first kappa shape index (κ1) is 15.3. The average molecular weight is 232 g/mol. The number of rotatable bonds is 8. The zero-order valence-corrected chi connectivity index (χ0v) is 10.7. The van der Waals surface area contributed by atoms with Gasteiger partial charge in [-0.05, 0) is 26.2 Å². The summed E-state index contributed by atoms with van der Waals surface area (Å²) < 4.78 is 5.35. The van der Waals surface area contributed by atoms with Crippen LogP contribution in [-0.4, -0.2) is 31.3 Å². The van der Waals surface area contributed by atoms with Crippen LogP contribution in [0.15, 0.2) is 0 Å². The highest BCUT2D eigenvalue weighted by atomic mass is 16.6. The highest BCUT2D eigenvalue weighted by Gasteiger charge is 2.27. The first-order valence-corrected chi connectivity index (χ1v) is 5.64. The van der Waals surface area contributed by atoms with Crippen molar-refractivity contribution in [3.8, 4) is 0 Å². The first-order valence-electron chi connectivity index (χ1n) is 5.64. The molecule has 0 aliphatic carbocycles. The Morgan fingerprint density at radius 3 is 2.50 bits per heavy atom. The molecule has 1 amide bonds. The Balaban J connectivity index is 3.49. The van der Waals surface area contributed by atoms with Crippen molar-refractivity contribution < 1.29 is 14.4 Å². The molecule has 0 radical (unpaired) electrons. The zero-order valence-electron chi connectivity index (χ0n) is 10.7. The molecule has 0 aromatic carbocycles. The largest absolute Gasteiger partial charge is 0.380 e. The van der Waals surface area contributed by atoms with E-state index in [0.717, 1.165) is 13.0 Å². The second kappa shape index (κ2) is 7.60. The standard InChI is InChI=1S/C11H24N2O3/c1-9(2)5-7-15-8-6-13-10(14)11(3,4)16-12/h9H,5-8,12H2,1-4H3,(H,13,14). The van der Waals surface area contributed by atoms with Gasteiger partial charge in [0.1, 0.15) is 0 Å². The molecule has 96 valence electrons. The lowest BCUT2D eigenvalue weighted by Gasteiger charge is -2.20. The highest BCUT2D eigenvalue weighted by molar-refractivity contribution is 5.84. The molecule has 0 aliphatic heterocycles. The van der Waals surface area contributed by atoms with E-state index in [0.29, 0.717) is 19.1 Å². The minimum Gasteiger partial charge on any atom is -0.380 e. The van der Waals surface area contributed by atoms with E-state index in [-0.39, 0.29) is 5.91 Å². The molecule has 0 atom stereocenters. The van der Waals surface area contributed by atoms with Crippen LogP contribution in [0.1, 0.15) is 34.1 Å². The van der Waals surface area contributed by atoms with Crippen LogP contribution in [0.4, 0.5) is 0 Å². The maximum atomic E-state index is 11.5. The predicted molar refractivity (Wildman–Crippen MR) is 62.6 cm³/mol. The molecule has 16 heavy (non-hydrogen) atoms. The number of nitrogens with one attached hydrogen (secondary N) is 1. The summed E-state index contributed by atoms with van der Waals surface area (Å²) in [6.45, 7) is 9.23. The molecule has 0 aromatic heterocycles. The summed E-state index contributed by atoms with van der Waals surface area (Å²) >= 11 is 0. The monoisotopic (exact) mass is 232 g/mol. The van der Waals surface area contributed by atoms with Crippen LogP contribution in [0.3, 0.4) is 0 Å². The van der Waals surface area contributed by atoms with Crippen molar-refractivity contribution in [1.29, 1.82) is 0 Å². The molecule has 0 bridgehead atoms. The van der Waals surface area contributed by atoms with Crippen molar-refractivity contribution in [2.45, 2.75) is 39.7 Å². The highest BCUT2D eigenvalue weighted by Crippen LogP contribution is 2.04. The Labute approximate surface area is 97.6 Å². The van der Waals surface area contributed by atoms with E-state index >= 15 is 0 Å². The Morgan fingerprint density at radius 2 is 2.00 bits per heavy atom. The van der Waals surface area contributed by atoms with Crippen LogP contribution >= 0.6 is 0 Å². The maximum Gasteiger partial charge on any atom is 0.253 e. The van der Waals surface area contributed by atoms with Crippen LogP contribution < -0.4 is 11.2 Å². The van der Waals surface area contributed by atoms with E-state index < -0.39 is 5.60 Å². The third-order valence-electron chi connectivity index (χ3n) is 2.21. The normalized spacial score (nSPS) is 11.9. The molecule has 3 N–H and O–H groups in total. The van der Waals surface area contributed by atoms with Gasteiger partial charge in [-0.2, -0.15) is 0 Å². The SMILES string of the molecule is CC(C)CCOCCNC(=O)C(C)(C)ON. The number of nitrogens with two attached hydrogens (primary N) is 1. The van der Waals surface area contributed by atoms with Crippen molar-refractivity contribution >= 4 is 5.91 Å². The summed E-state index contributed by atoms with van der Waals surface area (Å²) in [5.41, 5.74) is -0.988. The minimum absolute atomic E-state index is 0.234. The van der Waals surface area contributed by atoms with Gasteiger partial charge in [0.2, 0.25) is 0 Å². The molecule has 0 unspecified atom stereocenters. The van der Waals surface area contributed by atoms with Gasteiger partial charge in [0.15, 0.2) is 5.60 Å². The van der Waals surface area contributed by atoms with E-state index in [1.165, 1.54) is 0 Å². The third kappa shape index (κ3) is 6.76. The van der Waals surface area contributed by atoms with E-state index in [9.17, 15) is 4.79 Å². The van der Waals surface area contributed by atoms with Gasteiger partial charge in [-0.1, -0.05) is 13.8 Å². The Hall–Kier alpha value is -0.650. The first-order chi connectivity index (χ1) is 7.40. The molecule has 0 aromatic rings. The van der Waals surface area contributed by atoms with Crippen LogP contribution in [0.2, 0.25) is 0 Å². The second-order valence-corrected chi connectivity index (χ2v) is 4.68. The van der Waals surface area contributed by atoms with Gasteiger partial charge in [-0.3, -0.25) is 9.63 Å². The quantitative estimate of drug-likeness (QED) is 0.480. The van der Waals surface area contributed by atoms with Gasteiger partial charge in [0.25, 0.3) is 5.91 Å². The summed E-state index contributed by atoms with van der Waals surface area (Å²) in [4.78, 5) is 16.0. The van der Waals surface area contributed by atoms with E-state index in [2.05, 4.69) is 24.0 Å². The van der Waals surface area contributed by atoms with Gasteiger partial charge in [0, 0.05) is 13.2 Å². The fraction of sp³-hybridized carbons (Fsp3) is 0.909. The number of carbonyl (C=O) groups is 1. The molecule has 0 rings (SSSR count). The van der Waals surface area contributed by atoms with E-state index in [1.807, 2.05) is 0 Å².